The Morgan fingerprint density at radius 1 is 1.20 bits per heavy atom. The lowest BCUT2D eigenvalue weighted by Gasteiger charge is -2.10. The van der Waals surface area contributed by atoms with Gasteiger partial charge in [0.25, 0.3) is 0 Å². The first kappa shape index (κ1) is 13.2. The van der Waals surface area contributed by atoms with Crippen molar-refractivity contribution in [2.75, 3.05) is 5.73 Å². The zero-order valence-electron chi connectivity index (χ0n) is 11.5. The highest BCUT2D eigenvalue weighted by atomic mass is 79.9. The number of aryl methyl sites for hydroxylation is 2. The first-order chi connectivity index (χ1) is 9.56. The Morgan fingerprint density at radius 2 is 1.95 bits per heavy atom. The average Bonchev–Trinajstić information content (AvgIpc) is 2.77. The highest BCUT2D eigenvalue weighted by molar-refractivity contribution is 9.10. The number of rotatable bonds is 2. The predicted molar refractivity (Wildman–Crippen MR) is 86.9 cm³/mol. The third-order valence-electron chi connectivity index (χ3n) is 3.72. The zero-order chi connectivity index (χ0) is 14.3. The minimum Gasteiger partial charge on any atom is -0.398 e. The van der Waals surface area contributed by atoms with E-state index in [1.54, 1.807) is 0 Å². The summed E-state index contributed by atoms with van der Waals surface area (Å²) in [5.74, 6) is 0. The second-order valence-corrected chi connectivity index (χ2v) is 5.96. The Kier molecular flexibility index (Phi) is 3.26. The summed E-state index contributed by atoms with van der Waals surface area (Å²) >= 11 is 3.57. The summed E-state index contributed by atoms with van der Waals surface area (Å²) < 4.78 is 3.17. The van der Waals surface area contributed by atoms with Crippen molar-refractivity contribution in [1.82, 2.24) is 9.55 Å². The molecular weight excluding hydrogens is 314 g/mol. The summed E-state index contributed by atoms with van der Waals surface area (Å²) in [5, 5.41) is 0. The van der Waals surface area contributed by atoms with Gasteiger partial charge in [-0.3, -0.25) is 0 Å². The fourth-order valence-electron chi connectivity index (χ4n) is 2.35. The van der Waals surface area contributed by atoms with E-state index in [-0.39, 0.29) is 0 Å². The maximum atomic E-state index is 6.07. The molecule has 0 radical (unpaired) electrons. The van der Waals surface area contributed by atoms with Crippen molar-refractivity contribution in [3.8, 4) is 0 Å². The predicted octanol–water partition coefficient (Wildman–Crippen LogP) is 4.05. The molecule has 0 amide bonds. The molecule has 102 valence electrons. The number of benzene rings is 2. The second kappa shape index (κ2) is 4.94. The Morgan fingerprint density at radius 3 is 2.70 bits per heavy atom. The number of imidazole rings is 1. The number of nitrogens with zero attached hydrogens (tertiary/aromatic N) is 2. The number of hydrogen-bond donors (Lipinski definition) is 1. The number of nitrogen functional groups attached to an aromatic ring is 1. The molecule has 0 saturated heterocycles. The molecule has 3 rings (SSSR count). The SMILES string of the molecule is Cc1cc2ncn(Cc3c(N)cccc3Br)c2cc1C. The van der Waals surface area contributed by atoms with E-state index >= 15 is 0 Å². The van der Waals surface area contributed by atoms with Crippen LogP contribution in [0, 0.1) is 13.8 Å². The van der Waals surface area contributed by atoms with Gasteiger partial charge in [-0.2, -0.15) is 0 Å². The van der Waals surface area contributed by atoms with Crippen LogP contribution in [-0.2, 0) is 6.54 Å². The summed E-state index contributed by atoms with van der Waals surface area (Å²) in [6.45, 7) is 4.95. The Hall–Kier alpha value is -1.81. The van der Waals surface area contributed by atoms with Crippen LogP contribution in [0.15, 0.2) is 41.1 Å². The molecule has 4 heteroatoms. The van der Waals surface area contributed by atoms with Crippen molar-refractivity contribution in [2.24, 2.45) is 0 Å². The number of aromatic nitrogens is 2. The highest BCUT2D eigenvalue weighted by Gasteiger charge is 2.09. The molecule has 3 aromatic rings. The van der Waals surface area contributed by atoms with Gasteiger partial charge in [-0.25, -0.2) is 4.98 Å². The lowest BCUT2D eigenvalue weighted by molar-refractivity contribution is 0.823. The minimum absolute atomic E-state index is 0.715. The van der Waals surface area contributed by atoms with E-state index in [0.717, 1.165) is 26.8 Å². The number of hydrogen-bond acceptors (Lipinski definition) is 2. The van der Waals surface area contributed by atoms with Gasteiger partial charge in [-0.05, 0) is 49.2 Å². The number of fused-ring (bicyclic) bond motifs is 1. The first-order valence-corrected chi connectivity index (χ1v) is 7.30. The van der Waals surface area contributed by atoms with E-state index in [1.807, 2.05) is 24.5 Å². The molecule has 1 aromatic heterocycles. The Bertz CT molecular complexity index is 770. The molecule has 0 fully saturated rings. The van der Waals surface area contributed by atoms with Gasteiger partial charge in [0, 0.05) is 15.7 Å². The van der Waals surface area contributed by atoms with Crippen molar-refractivity contribution >= 4 is 32.7 Å². The molecule has 0 aliphatic heterocycles. The topological polar surface area (TPSA) is 43.8 Å². The summed E-state index contributed by atoms with van der Waals surface area (Å²) in [5.41, 5.74) is 12.7. The van der Waals surface area contributed by atoms with Crippen molar-refractivity contribution in [2.45, 2.75) is 20.4 Å². The Labute approximate surface area is 126 Å². The summed E-state index contributed by atoms with van der Waals surface area (Å²) in [4.78, 5) is 4.48. The molecule has 3 nitrogen and oxygen atoms in total. The third-order valence-corrected chi connectivity index (χ3v) is 4.46. The van der Waals surface area contributed by atoms with Crippen molar-refractivity contribution in [1.29, 1.82) is 0 Å². The van der Waals surface area contributed by atoms with Gasteiger partial charge in [-0.15, -0.1) is 0 Å². The van der Waals surface area contributed by atoms with Crippen LogP contribution in [0.4, 0.5) is 5.69 Å². The summed E-state index contributed by atoms with van der Waals surface area (Å²) in [7, 11) is 0. The largest absolute Gasteiger partial charge is 0.398 e. The minimum atomic E-state index is 0.715. The van der Waals surface area contributed by atoms with Gasteiger partial charge in [0.1, 0.15) is 0 Å². The number of anilines is 1. The normalized spacial score (nSPS) is 11.2. The fraction of sp³-hybridized carbons (Fsp3) is 0.188. The second-order valence-electron chi connectivity index (χ2n) is 5.11. The van der Waals surface area contributed by atoms with Gasteiger partial charge in [0.05, 0.1) is 23.9 Å². The number of halogens is 1. The molecule has 0 atom stereocenters. The monoisotopic (exact) mass is 329 g/mol. The lowest BCUT2D eigenvalue weighted by atomic mass is 10.1. The van der Waals surface area contributed by atoms with Gasteiger partial charge in [0.15, 0.2) is 0 Å². The lowest BCUT2D eigenvalue weighted by Crippen LogP contribution is -2.03. The van der Waals surface area contributed by atoms with Crippen molar-refractivity contribution in [3.05, 3.63) is 57.8 Å². The molecule has 2 aromatic carbocycles. The van der Waals surface area contributed by atoms with Crippen LogP contribution in [0.25, 0.3) is 11.0 Å². The standard InChI is InChI=1S/C16H16BrN3/c1-10-6-15-16(7-11(10)2)20(9-19-15)8-12-13(17)4-3-5-14(12)18/h3-7,9H,8,18H2,1-2H3. The van der Waals surface area contributed by atoms with E-state index < -0.39 is 0 Å². The zero-order valence-corrected chi connectivity index (χ0v) is 13.1. The van der Waals surface area contributed by atoms with Gasteiger partial charge in [-0.1, -0.05) is 22.0 Å². The van der Waals surface area contributed by atoms with Crippen LogP contribution in [0.5, 0.6) is 0 Å². The molecule has 1 heterocycles. The number of nitrogens with two attached hydrogens (primary N) is 1. The first-order valence-electron chi connectivity index (χ1n) is 6.51. The molecule has 20 heavy (non-hydrogen) atoms. The van der Waals surface area contributed by atoms with E-state index in [9.17, 15) is 0 Å². The smallest absolute Gasteiger partial charge is 0.0961 e. The van der Waals surface area contributed by atoms with Crippen LogP contribution >= 0.6 is 15.9 Å². The molecular formula is C16H16BrN3. The Balaban J connectivity index is 2.10. The van der Waals surface area contributed by atoms with Crippen LogP contribution in [0.2, 0.25) is 0 Å². The molecule has 0 aliphatic carbocycles. The van der Waals surface area contributed by atoms with Gasteiger partial charge in [0.2, 0.25) is 0 Å². The van der Waals surface area contributed by atoms with Crippen LogP contribution in [0.3, 0.4) is 0 Å². The van der Waals surface area contributed by atoms with Crippen LogP contribution < -0.4 is 5.73 Å². The maximum Gasteiger partial charge on any atom is 0.0961 e. The van der Waals surface area contributed by atoms with Crippen LogP contribution in [0.1, 0.15) is 16.7 Å². The highest BCUT2D eigenvalue weighted by Crippen LogP contribution is 2.26. The summed E-state index contributed by atoms with van der Waals surface area (Å²) in [6.07, 6.45) is 1.88. The molecule has 0 aliphatic rings. The van der Waals surface area contributed by atoms with Crippen LogP contribution in [-0.4, -0.2) is 9.55 Å². The van der Waals surface area contributed by atoms with Gasteiger partial charge >= 0.3 is 0 Å². The molecule has 0 unspecified atom stereocenters. The van der Waals surface area contributed by atoms with E-state index in [2.05, 4.69) is 51.5 Å². The van der Waals surface area contributed by atoms with Crippen molar-refractivity contribution in [3.63, 3.8) is 0 Å². The fourth-order valence-corrected chi connectivity index (χ4v) is 2.86. The van der Waals surface area contributed by atoms with E-state index in [0.29, 0.717) is 6.54 Å². The molecule has 2 N–H and O–H groups in total. The molecule has 0 spiro atoms. The molecule has 0 bridgehead atoms. The van der Waals surface area contributed by atoms with Crippen molar-refractivity contribution < 1.29 is 0 Å². The quantitative estimate of drug-likeness (QED) is 0.721. The third kappa shape index (κ3) is 2.20. The van der Waals surface area contributed by atoms with E-state index in [1.165, 1.54) is 11.1 Å². The van der Waals surface area contributed by atoms with Gasteiger partial charge < -0.3 is 10.3 Å². The van der Waals surface area contributed by atoms with E-state index in [4.69, 9.17) is 5.73 Å². The maximum absolute atomic E-state index is 6.07. The average molecular weight is 330 g/mol. The molecule has 0 saturated carbocycles. The summed E-state index contributed by atoms with van der Waals surface area (Å²) in [6, 6.07) is 10.2.